The van der Waals surface area contributed by atoms with E-state index in [2.05, 4.69) is 10.6 Å². The normalized spacial score (nSPS) is 11.0. The molecule has 1 unspecified atom stereocenters. The van der Waals surface area contributed by atoms with Crippen molar-refractivity contribution in [2.24, 2.45) is 0 Å². The Morgan fingerprint density at radius 2 is 1.91 bits per heavy atom. The number of carbonyl (C=O) groups is 3. The van der Waals surface area contributed by atoms with E-state index in [0.717, 1.165) is 11.8 Å². The van der Waals surface area contributed by atoms with E-state index in [4.69, 9.17) is 0 Å². The third-order valence-corrected chi connectivity index (χ3v) is 3.49. The average molecular weight is 334 g/mol. The monoisotopic (exact) mass is 334 g/mol. The van der Waals surface area contributed by atoms with Crippen LogP contribution in [0.3, 0.4) is 0 Å². The second kappa shape index (κ2) is 9.73. The van der Waals surface area contributed by atoms with Crippen molar-refractivity contribution < 1.29 is 54.2 Å². The van der Waals surface area contributed by atoms with Gasteiger partial charge in [0.1, 0.15) is 5.75 Å². The first kappa shape index (κ1) is 20.8. The van der Waals surface area contributed by atoms with Gasteiger partial charge in [-0.05, 0) is 18.2 Å². The Labute approximate surface area is 154 Å². The molecule has 3 N–H and O–H groups in total. The maximum absolute atomic E-state index is 11.0. The van der Waals surface area contributed by atoms with E-state index < -0.39 is 17.9 Å². The SMILES string of the molecule is CC(=O)Nc1ccc(O)c(SCC(NC(C)=O)C(=O)[O-])c1.[Na+]. The predicted molar refractivity (Wildman–Crippen MR) is 75.7 cm³/mol. The molecule has 0 saturated carbocycles. The number of phenols is 1. The molecule has 7 nitrogen and oxygen atoms in total. The van der Waals surface area contributed by atoms with Crippen molar-refractivity contribution in [1.29, 1.82) is 0 Å². The number of thioether (sulfide) groups is 1. The Morgan fingerprint density at radius 3 is 2.41 bits per heavy atom. The van der Waals surface area contributed by atoms with Gasteiger partial charge >= 0.3 is 29.6 Å². The van der Waals surface area contributed by atoms with Crippen LogP contribution in [0.5, 0.6) is 5.75 Å². The Bertz CT molecular complexity index is 567. The molecule has 0 fully saturated rings. The molecule has 0 saturated heterocycles. The summed E-state index contributed by atoms with van der Waals surface area (Å²) >= 11 is 1.03. The molecule has 0 bridgehead atoms. The zero-order valence-electron chi connectivity index (χ0n) is 12.5. The molecule has 1 aromatic carbocycles. The Kier molecular flexibility index (Phi) is 9.19. The van der Waals surface area contributed by atoms with E-state index in [-0.39, 0.29) is 47.0 Å². The van der Waals surface area contributed by atoms with Gasteiger partial charge < -0.3 is 25.6 Å². The number of aromatic hydroxyl groups is 1. The molecular formula is C13H15N2NaO5S. The van der Waals surface area contributed by atoms with Crippen molar-refractivity contribution in [3.05, 3.63) is 18.2 Å². The van der Waals surface area contributed by atoms with Crippen LogP contribution in [0.4, 0.5) is 5.69 Å². The Morgan fingerprint density at radius 1 is 1.27 bits per heavy atom. The third kappa shape index (κ3) is 7.17. The molecule has 0 aromatic heterocycles. The Hall–Kier alpha value is -1.22. The minimum absolute atomic E-state index is 0. The van der Waals surface area contributed by atoms with E-state index in [1.807, 2.05) is 0 Å². The van der Waals surface area contributed by atoms with Crippen molar-refractivity contribution in [1.82, 2.24) is 5.32 Å². The first-order valence-corrected chi connectivity index (χ1v) is 6.99. The summed E-state index contributed by atoms with van der Waals surface area (Å²) in [7, 11) is 0. The number of phenolic OH excluding ortho intramolecular Hbond substituents is 1. The molecule has 22 heavy (non-hydrogen) atoms. The summed E-state index contributed by atoms with van der Waals surface area (Å²) < 4.78 is 0. The van der Waals surface area contributed by atoms with Crippen LogP contribution in [0, 0.1) is 0 Å². The summed E-state index contributed by atoms with van der Waals surface area (Å²) in [5.41, 5.74) is 0.479. The van der Waals surface area contributed by atoms with Gasteiger partial charge in [0.2, 0.25) is 11.8 Å². The van der Waals surface area contributed by atoms with Crippen LogP contribution >= 0.6 is 11.8 Å². The summed E-state index contributed by atoms with van der Waals surface area (Å²) in [6.07, 6.45) is 0. The topological polar surface area (TPSA) is 119 Å². The van der Waals surface area contributed by atoms with Crippen LogP contribution in [-0.2, 0) is 14.4 Å². The van der Waals surface area contributed by atoms with Gasteiger partial charge in [-0.3, -0.25) is 9.59 Å². The van der Waals surface area contributed by atoms with E-state index in [9.17, 15) is 24.6 Å². The number of carbonyl (C=O) groups excluding carboxylic acids is 3. The minimum Gasteiger partial charge on any atom is -0.548 e. The van der Waals surface area contributed by atoms with Crippen molar-refractivity contribution in [3.63, 3.8) is 0 Å². The van der Waals surface area contributed by atoms with Crippen LogP contribution in [0.15, 0.2) is 23.1 Å². The molecule has 0 aliphatic carbocycles. The van der Waals surface area contributed by atoms with Crippen LogP contribution in [-0.4, -0.2) is 34.7 Å². The summed E-state index contributed by atoms with van der Waals surface area (Å²) in [5.74, 6) is -2.22. The zero-order valence-corrected chi connectivity index (χ0v) is 15.3. The van der Waals surface area contributed by atoms with E-state index in [1.54, 1.807) is 0 Å². The number of nitrogens with one attached hydrogen (secondary N) is 2. The number of amides is 2. The fourth-order valence-corrected chi connectivity index (χ4v) is 2.49. The van der Waals surface area contributed by atoms with Gasteiger partial charge in [0.25, 0.3) is 0 Å². The summed E-state index contributed by atoms with van der Waals surface area (Å²) in [5, 5.41) is 25.4. The maximum Gasteiger partial charge on any atom is 1.00 e. The van der Waals surface area contributed by atoms with Crippen molar-refractivity contribution in [2.45, 2.75) is 24.8 Å². The Balaban J connectivity index is 0.00000441. The first-order valence-electron chi connectivity index (χ1n) is 6.01. The van der Waals surface area contributed by atoms with E-state index in [1.165, 1.54) is 32.0 Å². The molecule has 1 atom stereocenters. The summed E-state index contributed by atoms with van der Waals surface area (Å²) in [4.78, 5) is 33.2. The second-order valence-electron chi connectivity index (χ2n) is 4.25. The number of aliphatic carboxylic acids is 1. The molecule has 114 valence electrons. The molecule has 0 radical (unpaired) electrons. The number of carboxylic acids is 1. The van der Waals surface area contributed by atoms with Crippen molar-refractivity contribution in [2.75, 3.05) is 11.1 Å². The van der Waals surface area contributed by atoms with Crippen LogP contribution in [0.1, 0.15) is 13.8 Å². The maximum atomic E-state index is 11.0. The van der Waals surface area contributed by atoms with Gasteiger partial charge in [-0.1, -0.05) is 0 Å². The van der Waals surface area contributed by atoms with Crippen LogP contribution in [0.2, 0.25) is 0 Å². The van der Waals surface area contributed by atoms with Gasteiger partial charge in [0.05, 0.1) is 16.9 Å². The number of anilines is 1. The quantitative estimate of drug-likeness (QED) is 0.285. The predicted octanol–water partition coefficient (Wildman–Crippen LogP) is -3.30. The number of benzene rings is 1. The first-order chi connectivity index (χ1) is 9.79. The molecule has 0 heterocycles. The van der Waals surface area contributed by atoms with Gasteiger partial charge in [-0.2, -0.15) is 0 Å². The standard InChI is InChI=1S/C13H16N2O5S.Na/c1-7(16)14-9-3-4-11(18)12(5-9)21-6-10(13(19)20)15-8(2)17;/h3-5,10,18H,6H2,1-2H3,(H,14,16)(H,15,17)(H,19,20);/q;+1/p-1. The molecule has 0 aliphatic heterocycles. The molecule has 9 heteroatoms. The fraction of sp³-hybridized carbons (Fsp3) is 0.308. The van der Waals surface area contributed by atoms with E-state index >= 15 is 0 Å². The molecule has 1 aromatic rings. The number of hydrogen-bond acceptors (Lipinski definition) is 6. The van der Waals surface area contributed by atoms with Gasteiger partial charge in [-0.15, -0.1) is 11.8 Å². The number of hydrogen-bond donors (Lipinski definition) is 3. The zero-order chi connectivity index (χ0) is 16.0. The van der Waals surface area contributed by atoms with Crippen molar-refractivity contribution in [3.8, 4) is 5.75 Å². The van der Waals surface area contributed by atoms with Gasteiger partial charge in [0.15, 0.2) is 0 Å². The molecule has 1 rings (SSSR count). The van der Waals surface area contributed by atoms with Gasteiger partial charge in [0, 0.05) is 25.3 Å². The van der Waals surface area contributed by atoms with E-state index in [0.29, 0.717) is 10.6 Å². The van der Waals surface area contributed by atoms with Crippen molar-refractivity contribution >= 4 is 35.2 Å². The molecular weight excluding hydrogens is 319 g/mol. The third-order valence-electron chi connectivity index (χ3n) is 2.35. The molecule has 2 amide bonds. The second-order valence-corrected chi connectivity index (χ2v) is 5.31. The molecule has 0 spiro atoms. The largest absolute Gasteiger partial charge is 1.00 e. The minimum atomic E-state index is -1.41. The van der Waals surface area contributed by atoms with Gasteiger partial charge in [-0.25, -0.2) is 0 Å². The summed E-state index contributed by atoms with van der Waals surface area (Å²) in [6.45, 7) is 2.55. The van der Waals surface area contributed by atoms with Crippen LogP contribution in [0.25, 0.3) is 0 Å². The number of carboxylic acid groups (broad SMARTS) is 1. The average Bonchev–Trinajstić information content (AvgIpc) is 2.36. The molecule has 0 aliphatic rings. The number of rotatable bonds is 6. The smallest absolute Gasteiger partial charge is 0.548 e. The summed E-state index contributed by atoms with van der Waals surface area (Å²) in [6, 6.07) is 3.25. The van der Waals surface area contributed by atoms with Crippen LogP contribution < -0.4 is 45.3 Å². The fourth-order valence-electron chi connectivity index (χ4n) is 1.50.